The molecule has 0 amide bonds. The Morgan fingerprint density at radius 2 is 1.64 bits per heavy atom. The van der Waals surface area contributed by atoms with Crippen LogP contribution in [0.1, 0.15) is 78.1 Å². The average Bonchev–Trinajstić information content (AvgIpc) is 3.18. The highest BCUT2D eigenvalue weighted by Gasteiger charge is 2.63. The van der Waals surface area contributed by atoms with Crippen molar-refractivity contribution < 1.29 is 14.3 Å². The minimum atomic E-state index is -0.338. The Hall–Kier alpha value is -1.39. The number of amidine groups is 1. The van der Waals surface area contributed by atoms with Crippen LogP contribution in [0, 0.1) is 17.3 Å². The molecule has 140 valence electrons. The summed E-state index contributed by atoms with van der Waals surface area (Å²) >= 11 is 0. The van der Waals surface area contributed by atoms with Crippen molar-refractivity contribution in [3.8, 4) is 0 Å². The number of nitrogens with zero attached hydrogens (tertiary/aromatic N) is 1. The first-order chi connectivity index (χ1) is 12.0. The highest BCUT2D eigenvalue weighted by atomic mass is 16.6. The maximum Gasteiger partial charge on any atom is 0.318 e. The average molecular weight is 348 g/mol. The van der Waals surface area contributed by atoms with Crippen LogP contribution in [0.5, 0.6) is 0 Å². The Bertz CT molecular complexity index is 517. The van der Waals surface area contributed by atoms with Crippen LogP contribution >= 0.6 is 0 Å². The molecule has 5 heteroatoms. The highest BCUT2D eigenvalue weighted by molar-refractivity contribution is 5.93. The smallest absolute Gasteiger partial charge is 0.318 e. The molecule has 0 heterocycles. The molecule has 3 aliphatic rings. The summed E-state index contributed by atoms with van der Waals surface area (Å²) < 4.78 is 5.69. The van der Waals surface area contributed by atoms with Gasteiger partial charge in [-0.05, 0) is 31.1 Å². The molecule has 0 spiro atoms. The lowest BCUT2D eigenvalue weighted by Crippen LogP contribution is -2.40. The summed E-state index contributed by atoms with van der Waals surface area (Å²) in [6, 6.07) is 0.996. The molecule has 5 nitrogen and oxygen atoms in total. The van der Waals surface area contributed by atoms with E-state index in [4.69, 9.17) is 9.73 Å². The summed E-state index contributed by atoms with van der Waals surface area (Å²) in [6.45, 7) is 3.90. The number of hydrogen-bond acceptors (Lipinski definition) is 4. The van der Waals surface area contributed by atoms with E-state index < -0.39 is 0 Å². The number of aldehydes is 1. The van der Waals surface area contributed by atoms with E-state index in [0.29, 0.717) is 12.1 Å². The third-order valence-electron chi connectivity index (χ3n) is 6.32. The van der Waals surface area contributed by atoms with Gasteiger partial charge in [0.2, 0.25) is 0 Å². The minimum Gasteiger partial charge on any atom is -0.392 e. The fraction of sp³-hybridized carbons (Fsp3) is 0.850. The second-order valence-electron chi connectivity index (χ2n) is 8.59. The number of aliphatic imine (C=N–C) groups is 1. The van der Waals surface area contributed by atoms with Crippen molar-refractivity contribution in [3.63, 3.8) is 0 Å². The summed E-state index contributed by atoms with van der Waals surface area (Å²) in [5, 5.41) is 3.40. The van der Waals surface area contributed by atoms with Crippen molar-refractivity contribution in [1.82, 2.24) is 5.32 Å². The van der Waals surface area contributed by atoms with Crippen molar-refractivity contribution in [3.05, 3.63) is 0 Å². The van der Waals surface area contributed by atoms with Crippen LogP contribution in [0.25, 0.3) is 0 Å². The summed E-state index contributed by atoms with van der Waals surface area (Å²) in [4.78, 5) is 28.5. The largest absolute Gasteiger partial charge is 0.392 e. The molecular formula is C20H32N2O3. The monoisotopic (exact) mass is 348 g/mol. The van der Waals surface area contributed by atoms with Gasteiger partial charge in [0, 0.05) is 12.0 Å². The molecule has 0 aromatic rings. The Balaban J connectivity index is 1.66. The fourth-order valence-corrected chi connectivity index (χ4v) is 4.43. The molecular weight excluding hydrogens is 316 g/mol. The Morgan fingerprint density at radius 1 is 1.04 bits per heavy atom. The van der Waals surface area contributed by atoms with Crippen LogP contribution in [-0.2, 0) is 14.3 Å². The first kappa shape index (κ1) is 18.4. The van der Waals surface area contributed by atoms with Crippen LogP contribution in [0.2, 0.25) is 0 Å². The minimum absolute atomic E-state index is 0.231. The van der Waals surface area contributed by atoms with Gasteiger partial charge in [0.05, 0.1) is 12.0 Å². The zero-order valence-corrected chi connectivity index (χ0v) is 15.6. The SMILES string of the molecule is CC1(C)C(C=O)C1C(=O)O/C(=N\C1CCCCC1)NC1CCCCC1. The van der Waals surface area contributed by atoms with E-state index in [-0.39, 0.29) is 29.3 Å². The van der Waals surface area contributed by atoms with Gasteiger partial charge in [-0.1, -0.05) is 52.4 Å². The Kier molecular flexibility index (Phi) is 5.80. The van der Waals surface area contributed by atoms with Gasteiger partial charge in [-0.2, -0.15) is 0 Å². The molecule has 25 heavy (non-hydrogen) atoms. The van der Waals surface area contributed by atoms with Gasteiger partial charge in [-0.15, -0.1) is 0 Å². The molecule has 3 saturated carbocycles. The quantitative estimate of drug-likeness (QED) is 0.365. The van der Waals surface area contributed by atoms with Gasteiger partial charge >= 0.3 is 5.97 Å². The predicted molar refractivity (Wildman–Crippen MR) is 97.2 cm³/mol. The second kappa shape index (κ2) is 7.88. The molecule has 0 aromatic heterocycles. The van der Waals surface area contributed by atoms with Crippen molar-refractivity contribution in [2.75, 3.05) is 0 Å². The maximum absolute atomic E-state index is 12.6. The molecule has 2 unspecified atom stereocenters. The van der Waals surface area contributed by atoms with Crippen molar-refractivity contribution >= 4 is 18.3 Å². The van der Waals surface area contributed by atoms with Gasteiger partial charge in [0.1, 0.15) is 6.29 Å². The van der Waals surface area contributed by atoms with E-state index in [1.807, 2.05) is 13.8 Å². The summed E-state index contributed by atoms with van der Waals surface area (Å²) in [5.41, 5.74) is -0.292. The van der Waals surface area contributed by atoms with E-state index in [9.17, 15) is 9.59 Å². The van der Waals surface area contributed by atoms with Gasteiger partial charge in [0.25, 0.3) is 6.02 Å². The van der Waals surface area contributed by atoms with Gasteiger partial charge in [0.15, 0.2) is 0 Å². The molecule has 0 aromatic carbocycles. The number of ether oxygens (including phenoxy) is 1. The van der Waals surface area contributed by atoms with Crippen molar-refractivity contribution in [2.45, 2.75) is 90.1 Å². The van der Waals surface area contributed by atoms with Crippen LogP contribution in [0.3, 0.4) is 0 Å². The normalized spacial score (nSPS) is 30.6. The summed E-state index contributed by atoms with van der Waals surface area (Å²) in [6.07, 6.45) is 12.6. The zero-order valence-electron chi connectivity index (χ0n) is 15.6. The van der Waals surface area contributed by atoms with E-state index in [2.05, 4.69) is 5.32 Å². The van der Waals surface area contributed by atoms with Crippen molar-refractivity contribution in [1.29, 1.82) is 0 Å². The number of rotatable bonds is 4. The maximum atomic E-state index is 12.6. The molecule has 3 fully saturated rings. The lowest BCUT2D eigenvalue weighted by atomic mass is 9.95. The summed E-state index contributed by atoms with van der Waals surface area (Å²) in [7, 11) is 0. The number of hydrogen-bond donors (Lipinski definition) is 1. The molecule has 2 atom stereocenters. The second-order valence-corrected chi connectivity index (χ2v) is 8.59. The number of esters is 1. The third-order valence-corrected chi connectivity index (χ3v) is 6.32. The topological polar surface area (TPSA) is 67.8 Å². The Morgan fingerprint density at radius 3 is 2.20 bits per heavy atom. The molecule has 3 aliphatic carbocycles. The van der Waals surface area contributed by atoms with Crippen LogP contribution in [0.4, 0.5) is 0 Å². The third kappa shape index (κ3) is 4.42. The van der Waals surface area contributed by atoms with E-state index in [1.54, 1.807) is 0 Å². The molecule has 0 bridgehead atoms. The van der Waals surface area contributed by atoms with E-state index >= 15 is 0 Å². The van der Waals surface area contributed by atoms with Crippen LogP contribution < -0.4 is 5.32 Å². The zero-order chi connectivity index (χ0) is 17.9. The molecule has 1 N–H and O–H groups in total. The van der Waals surface area contributed by atoms with Crippen LogP contribution in [-0.4, -0.2) is 30.4 Å². The molecule has 0 aliphatic heterocycles. The standard InChI is InChI=1S/C20H32N2O3/c1-20(2)16(13-23)17(20)18(24)25-19(21-14-9-5-3-6-10-14)22-15-11-7-4-8-12-15/h13-17H,3-12H2,1-2H3,(H,21,22). The van der Waals surface area contributed by atoms with E-state index in [1.165, 1.54) is 38.5 Å². The van der Waals surface area contributed by atoms with Gasteiger partial charge in [-0.3, -0.25) is 4.79 Å². The molecule has 0 radical (unpaired) electrons. The first-order valence-corrected chi connectivity index (χ1v) is 10.0. The Labute approximate surface area is 151 Å². The highest BCUT2D eigenvalue weighted by Crippen LogP contribution is 2.57. The van der Waals surface area contributed by atoms with Gasteiger partial charge < -0.3 is 14.8 Å². The number of carbonyl (C=O) groups excluding carboxylic acids is 2. The summed E-state index contributed by atoms with van der Waals surface area (Å²) in [5.74, 6) is -0.875. The van der Waals surface area contributed by atoms with Crippen LogP contribution in [0.15, 0.2) is 4.99 Å². The number of nitrogens with one attached hydrogen (secondary N) is 1. The van der Waals surface area contributed by atoms with E-state index in [0.717, 1.165) is 32.0 Å². The lowest BCUT2D eigenvalue weighted by molar-refractivity contribution is -0.138. The molecule has 3 rings (SSSR count). The number of carbonyl (C=O) groups is 2. The lowest BCUT2D eigenvalue weighted by Gasteiger charge is -2.25. The fourth-order valence-electron chi connectivity index (χ4n) is 4.43. The van der Waals surface area contributed by atoms with Crippen molar-refractivity contribution in [2.24, 2.45) is 22.2 Å². The predicted octanol–water partition coefficient (Wildman–Crippen LogP) is 3.61. The molecule has 0 saturated heterocycles. The first-order valence-electron chi connectivity index (χ1n) is 10.0. The van der Waals surface area contributed by atoms with Gasteiger partial charge in [-0.25, -0.2) is 4.99 Å².